The van der Waals surface area contributed by atoms with E-state index in [-0.39, 0.29) is 5.82 Å². The Labute approximate surface area is 66.0 Å². The number of hydrogen-bond donors (Lipinski definition) is 1. The van der Waals surface area contributed by atoms with Crippen LogP contribution in [0.25, 0.3) is 0 Å². The third-order valence-corrected chi connectivity index (χ3v) is 1.77. The van der Waals surface area contributed by atoms with Crippen LogP contribution in [0, 0.1) is 5.82 Å². The van der Waals surface area contributed by atoms with E-state index in [1.165, 1.54) is 6.07 Å². The molecular formula is C9H12FN. The summed E-state index contributed by atoms with van der Waals surface area (Å²) in [6.07, 6.45) is 0.838. The normalized spacial score (nSPS) is 10.1. The van der Waals surface area contributed by atoms with Crippen LogP contribution in [0.2, 0.25) is 0 Å². The van der Waals surface area contributed by atoms with Crippen molar-refractivity contribution in [2.24, 2.45) is 5.73 Å². The molecule has 0 saturated heterocycles. The highest BCUT2D eigenvalue weighted by Crippen LogP contribution is 2.10. The summed E-state index contributed by atoms with van der Waals surface area (Å²) in [6.45, 7) is 2.48. The maximum atomic E-state index is 12.6. The quantitative estimate of drug-likeness (QED) is 0.689. The summed E-state index contributed by atoms with van der Waals surface area (Å²) in [5.41, 5.74) is 7.50. The standard InChI is InChI=1S/C9H12FN/c1-2-7-5-9(10)4-3-8(7)6-11/h3-5H,2,6,11H2,1H3. The van der Waals surface area contributed by atoms with Crippen LogP contribution in [0.3, 0.4) is 0 Å². The van der Waals surface area contributed by atoms with Crippen molar-refractivity contribution in [3.8, 4) is 0 Å². The van der Waals surface area contributed by atoms with Crippen molar-refractivity contribution in [3.05, 3.63) is 35.1 Å². The Balaban J connectivity index is 3.06. The molecule has 0 saturated carbocycles. The Bertz CT molecular complexity index is 245. The molecule has 0 fully saturated rings. The zero-order valence-electron chi connectivity index (χ0n) is 6.60. The summed E-state index contributed by atoms with van der Waals surface area (Å²) in [6, 6.07) is 4.73. The lowest BCUT2D eigenvalue weighted by Gasteiger charge is -2.03. The largest absolute Gasteiger partial charge is 0.326 e. The van der Waals surface area contributed by atoms with E-state index >= 15 is 0 Å². The fourth-order valence-electron chi connectivity index (χ4n) is 1.12. The lowest BCUT2D eigenvalue weighted by atomic mass is 10.1. The molecule has 0 spiro atoms. The molecule has 2 N–H and O–H groups in total. The van der Waals surface area contributed by atoms with E-state index in [2.05, 4.69) is 0 Å². The second kappa shape index (κ2) is 3.49. The predicted molar refractivity (Wildman–Crippen MR) is 43.7 cm³/mol. The highest BCUT2D eigenvalue weighted by Gasteiger charge is 1.99. The van der Waals surface area contributed by atoms with Crippen molar-refractivity contribution in [1.82, 2.24) is 0 Å². The van der Waals surface area contributed by atoms with Crippen LogP contribution in [0.1, 0.15) is 18.1 Å². The molecule has 1 aromatic rings. The van der Waals surface area contributed by atoms with E-state index in [0.717, 1.165) is 17.5 Å². The van der Waals surface area contributed by atoms with Crippen molar-refractivity contribution in [3.63, 3.8) is 0 Å². The maximum absolute atomic E-state index is 12.6. The topological polar surface area (TPSA) is 26.0 Å². The lowest BCUT2D eigenvalue weighted by Crippen LogP contribution is -2.00. The van der Waals surface area contributed by atoms with Crippen molar-refractivity contribution in [2.45, 2.75) is 19.9 Å². The van der Waals surface area contributed by atoms with Crippen molar-refractivity contribution < 1.29 is 4.39 Å². The first-order valence-corrected chi connectivity index (χ1v) is 3.75. The summed E-state index contributed by atoms with van der Waals surface area (Å²) in [5, 5.41) is 0. The molecule has 0 unspecified atom stereocenters. The van der Waals surface area contributed by atoms with E-state index < -0.39 is 0 Å². The zero-order chi connectivity index (χ0) is 8.27. The minimum Gasteiger partial charge on any atom is -0.326 e. The number of hydrogen-bond acceptors (Lipinski definition) is 1. The molecule has 2 heteroatoms. The van der Waals surface area contributed by atoms with Crippen LogP contribution in [0.4, 0.5) is 4.39 Å². The molecule has 0 aliphatic heterocycles. The Hall–Kier alpha value is -0.890. The minimum absolute atomic E-state index is 0.181. The number of halogens is 1. The number of nitrogens with two attached hydrogens (primary N) is 1. The van der Waals surface area contributed by atoms with Gasteiger partial charge in [-0.15, -0.1) is 0 Å². The highest BCUT2D eigenvalue weighted by molar-refractivity contribution is 5.27. The minimum atomic E-state index is -0.181. The van der Waals surface area contributed by atoms with Gasteiger partial charge in [0.2, 0.25) is 0 Å². The van der Waals surface area contributed by atoms with E-state index in [1.807, 2.05) is 6.92 Å². The average Bonchev–Trinajstić information content (AvgIpc) is 2.04. The van der Waals surface area contributed by atoms with Crippen LogP contribution in [0.5, 0.6) is 0 Å². The third-order valence-electron chi connectivity index (χ3n) is 1.77. The molecule has 0 aliphatic rings. The molecule has 0 bridgehead atoms. The van der Waals surface area contributed by atoms with E-state index in [0.29, 0.717) is 6.54 Å². The van der Waals surface area contributed by atoms with Gasteiger partial charge in [-0.2, -0.15) is 0 Å². The number of aryl methyl sites for hydroxylation is 1. The highest BCUT2D eigenvalue weighted by atomic mass is 19.1. The SMILES string of the molecule is CCc1cc(F)ccc1CN. The lowest BCUT2D eigenvalue weighted by molar-refractivity contribution is 0.624. The fourth-order valence-corrected chi connectivity index (χ4v) is 1.12. The van der Waals surface area contributed by atoms with Crippen LogP contribution >= 0.6 is 0 Å². The van der Waals surface area contributed by atoms with Gasteiger partial charge in [0.1, 0.15) is 5.82 Å². The van der Waals surface area contributed by atoms with E-state index in [9.17, 15) is 4.39 Å². The first-order valence-electron chi connectivity index (χ1n) is 3.75. The zero-order valence-corrected chi connectivity index (χ0v) is 6.60. The van der Waals surface area contributed by atoms with Crippen molar-refractivity contribution >= 4 is 0 Å². The van der Waals surface area contributed by atoms with Gasteiger partial charge < -0.3 is 5.73 Å². The molecule has 0 amide bonds. The monoisotopic (exact) mass is 153 g/mol. The van der Waals surface area contributed by atoms with Crippen LogP contribution in [0.15, 0.2) is 18.2 Å². The van der Waals surface area contributed by atoms with Gasteiger partial charge in [0.05, 0.1) is 0 Å². The second-order valence-corrected chi connectivity index (χ2v) is 2.47. The Morgan fingerprint density at radius 1 is 1.36 bits per heavy atom. The third kappa shape index (κ3) is 1.77. The van der Waals surface area contributed by atoms with Crippen LogP contribution < -0.4 is 5.73 Å². The van der Waals surface area contributed by atoms with Crippen LogP contribution in [-0.4, -0.2) is 0 Å². The summed E-state index contributed by atoms with van der Waals surface area (Å²) < 4.78 is 12.6. The molecule has 0 aliphatic carbocycles. The average molecular weight is 153 g/mol. The van der Waals surface area contributed by atoms with E-state index in [4.69, 9.17) is 5.73 Å². The van der Waals surface area contributed by atoms with Gasteiger partial charge in [0.25, 0.3) is 0 Å². The molecule has 0 heterocycles. The Morgan fingerprint density at radius 3 is 2.64 bits per heavy atom. The molecule has 60 valence electrons. The van der Waals surface area contributed by atoms with Gasteiger partial charge in [0.15, 0.2) is 0 Å². The fraction of sp³-hybridized carbons (Fsp3) is 0.333. The van der Waals surface area contributed by atoms with Gasteiger partial charge in [-0.25, -0.2) is 4.39 Å². The predicted octanol–water partition coefficient (Wildman–Crippen LogP) is 1.85. The molecule has 11 heavy (non-hydrogen) atoms. The van der Waals surface area contributed by atoms with Gasteiger partial charge in [0, 0.05) is 6.54 Å². The second-order valence-electron chi connectivity index (χ2n) is 2.47. The first-order chi connectivity index (χ1) is 5.27. The molecular weight excluding hydrogens is 141 g/mol. The summed E-state index contributed by atoms with van der Waals surface area (Å²) in [7, 11) is 0. The molecule has 0 radical (unpaired) electrons. The molecule has 0 aromatic heterocycles. The number of benzene rings is 1. The van der Waals surface area contributed by atoms with E-state index in [1.54, 1.807) is 12.1 Å². The smallest absolute Gasteiger partial charge is 0.123 e. The van der Waals surface area contributed by atoms with Crippen LogP contribution in [-0.2, 0) is 13.0 Å². The first kappa shape index (κ1) is 8.21. The molecule has 1 rings (SSSR count). The Kier molecular flexibility index (Phi) is 2.60. The Morgan fingerprint density at radius 2 is 2.09 bits per heavy atom. The number of rotatable bonds is 2. The van der Waals surface area contributed by atoms with Crippen molar-refractivity contribution in [1.29, 1.82) is 0 Å². The summed E-state index contributed by atoms with van der Waals surface area (Å²) >= 11 is 0. The molecule has 1 aromatic carbocycles. The maximum Gasteiger partial charge on any atom is 0.123 e. The van der Waals surface area contributed by atoms with Gasteiger partial charge in [-0.3, -0.25) is 0 Å². The molecule has 1 nitrogen and oxygen atoms in total. The summed E-state index contributed by atoms with van der Waals surface area (Å²) in [5.74, 6) is -0.181. The van der Waals surface area contributed by atoms with Gasteiger partial charge >= 0.3 is 0 Å². The van der Waals surface area contributed by atoms with Gasteiger partial charge in [-0.05, 0) is 29.7 Å². The molecule has 0 atom stereocenters. The van der Waals surface area contributed by atoms with Crippen molar-refractivity contribution in [2.75, 3.05) is 0 Å². The van der Waals surface area contributed by atoms with Gasteiger partial charge in [-0.1, -0.05) is 13.0 Å². The summed E-state index contributed by atoms with van der Waals surface area (Å²) in [4.78, 5) is 0.